The zero-order valence-corrected chi connectivity index (χ0v) is 22.6. The highest BCUT2D eigenvalue weighted by Crippen LogP contribution is 2.26. The first-order valence-electron chi connectivity index (χ1n) is 12.2. The summed E-state index contributed by atoms with van der Waals surface area (Å²) < 4.78 is 43.4. The lowest BCUT2D eigenvalue weighted by Crippen LogP contribution is -2.09. The highest BCUT2D eigenvalue weighted by Gasteiger charge is 2.15. The van der Waals surface area contributed by atoms with E-state index in [-0.39, 0.29) is 23.9 Å². The number of pyridine rings is 1. The van der Waals surface area contributed by atoms with E-state index < -0.39 is 5.82 Å². The quantitative estimate of drug-likeness (QED) is 0.189. The van der Waals surface area contributed by atoms with Crippen molar-refractivity contribution in [2.45, 2.75) is 19.6 Å². The van der Waals surface area contributed by atoms with E-state index in [1.807, 2.05) is 30.3 Å². The fourth-order valence-electron chi connectivity index (χ4n) is 4.27. The minimum Gasteiger partial charge on any atom is -0.473 e. The van der Waals surface area contributed by atoms with Crippen LogP contribution in [-0.2, 0) is 24.3 Å². The van der Waals surface area contributed by atoms with Gasteiger partial charge in [-0.2, -0.15) is 5.26 Å². The smallest absolute Gasteiger partial charge is 0.214 e. The van der Waals surface area contributed by atoms with E-state index in [1.165, 1.54) is 24.3 Å². The van der Waals surface area contributed by atoms with Gasteiger partial charge >= 0.3 is 0 Å². The zero-order chi connectivity index (χ0) is 27.4. The normalized spacial score (nSPS) is 11.1. The molecule has 3 aromatic carbocycles. The summed E-state index contributed by atoms with van der Waals surface area (Å²) in [5.74, 6) is 0.132. The molecule has 0 aliphatic heterocycles. The monoisotopic (exact) mass is 588 g/mol. The molecule has 39 heavy (non-hydrogen) atoms. The Kier molecular flexibility index (Phi) is 7.96. The summed E-state index contributed by atoms with van der Waals surface area (Å²) in [6.45, 7) is 1.05. The third-order valence-electron chi connectivity index (χ3n) is 6.29. The number of imidazole rings is 1. The van der Waals surface area contributed by atoms with Gasteiger partial charge in [0.15, 0.2) is 0 Å². The van der Waals surface area contributed by atoms with Crippen molar-refractivity contribution in [3.05, 3.63) is 111 Å². The van der Waals surface area contributed by atoms with Gasteiger partial charge in [0.1, 0.15) is 24.1 Å². The van der Waals surface area contributed by atoms with Crippen molar-refractivity contribution in [2.75, 3.05) is 13.7 Å². The molecule has 5 rings (SSSR count). The molecular weight excluding hydrogens is 566 g/mol. The van der Waals surface area contributed by atoms with Crippen LogP contribution >= 0.6 is 15.9 Å². The van der Waals surface area contributed by atoms with Crippen molar-refractivity contribution in [3.8, 4) is 23.2 Å². The number of methoxy groups -OCH3 is 1. The molecule has 0 N–H and O–H groups in total. The largest absolute Gasteiger partial charge is 0.473 e. The number of nitrogens with zero attached hydrogens (tertiary/aromatic N) is 4. The number of rotatable bonds is 9. The molecule has 0 fully saturated rings. The summed E-state index contributed by atoms with van der Waals surface area (Å²) in [5.41, 5.74) is 3.95. The lowest BCUT2D eigenvalue weighted by atomic mass is 10.1. The Hall–Kier alpha value is -4.13. The fraction of sp³-hybridized carbons (Fsp3) is 0.167. The summed E-state index contributed by atoms with van der Waals surface area (Å²) in [6, 6.07) is 22.1. The van der Waals surface area contributed by atoms with E-state index in [2.05, 4.69) is 25.5 Å². The Morgan fingerprint density at radius 2 is 1.77 bits per heavy atom. The Morgan fingerprint density at radius 3 is 2.54 bits per heavy atom. The van der Waals surface area contributed by atoms with Gasteiger partial charge in [-0.05, 0) is 48.0 Å². The van der Waals surface area contributed by atoms with Crippen molar-refractivity contribution in [2.24, 2.45) is 0 Å². The van der Waals surface area contributed by atoms with Gasteiger partial charge in [-0.15, -0.1) is 0 Å². The van der Waals surface area contributed by atoms with Crippen LogP contribution in [0.1, 0.15) is 22.5 Å². The summed E-state index contributed by atoms with van der Waals surface area (Å²) in [4.78, 5) is 9.21. The van der Waals surface area contributed by atoms with Crippen LogP contribution in [-0.4, -0.2) is 28.3 Å². The first-order chi connectivity index (χ1) is 18.9. The van der Waals surface area contributed by atoms with Crippen LogP contribution in [0.3, 0.4) is 0 Å². The summed E-state index contributed by atoms with van der Waals surface area (Å²) in [7, 11) is 1.65. The molecule has 0 saturated heterocycles. The van der Waals surface area contributed by atoms with Crippen LogP contribution in [0.4, 0.5) is 8.78 Å². The summed E-state index contributed by atoms with van der Waals surface area (Å²) in [6.07, 6.45) is 0.314. The van der Waals surface area contributed by atoms with E-state index in [0.717, 1.165) is 21.3 Å². The molecule has 196 valence electrons. The van der Waals surface area contributed by atoms with Crippen molar-refractivity contribution in [1.82, 2.24) is 14.5 Å². The molecule has 0 aliphatic rings. The van der Waals surface area contributed by atoms with Crippen molar-refractivity contribution >= 4 is 27.0 Å². The molecule has 0 radical (unpaired) electrons. The second-order valence-electron chi connectivity index (χ2n) is 8.86. The molecule has 0 bridgehead atoms. The maximum atomic E-state index is 15.3. The number of ether oxygens (including phenoxy) is 2. The minimum absolute atomic E-state index is 0.0536. The number of benzene rings is 3. The molecule has 9 heteroatoms. The zero-order valence-electron chi connectivity index (χ0n) is 21.0. The second-order valence-corrected chi connectivity index (χ2v) is 9.77. The molecule has 2 aromatic heterocycles. The van der Waals surface area contributed by atoms with E-state index >= 15 is 4.39 Å². The predicted molar refractivity (Wildman–Crippen MR) is 147 cm³/mol. The molecule has 0 spiro atoms. The van der Waals surface area contributed by atoms with Crippen molar-refractivity contribution in [3.63, 3.8) is 0 Å². The topological polar surface area (TPSA) is 73.0 Å². The van der Waals surface area contributed by atoms with Crippen molar-refractivity contribution < 1.29 is 18.3 Å². The van der Waals surface area contributed by atoms with E-state index in [9.17, 15) is 4.39 Å². The Morgan fingerprint density at radius 1 is 0.949 bits per heavy atom. The van der Waals surface area contributed by atoms with Crippen LogP contribution < -0.4 is 4.74 Å². The number of fused-ring (bicyclic) bond motifs is 1. The van der Waals surface area contributed by atoms with Crippen LogP contribution in [0.25, 0.3) is 22.3 Å². The molecule has 0 amide bonds. The maximum Gasteiger partial charge on any atom is 0.214 e. The number of halogens is 3. The third-order valence-corrected chi connectivity index (χ3v) is 6.78. The van der Waals surface area contributed by atoms with Crippen LogP contribution in [0.5, 0.6) is 5.88 Å². The van der Waals surface area contributed by atoms with Gasteiger partial charge in [-0.25, -0.2) is 18.7 Å². The van der Waals surface area contributed by atoms with Gasteiger partial charge in [0, 0.05) is 41.7 Å². The van der Waals surface area contributed by atoms with Crippen LogP contribution in [0.15, 0.2) is 77.3 Å². The molecule has 2 heterocycles. The highest BCUT2D eigenvalue weighted by atomic mass is 79.9. The van der Waals surface area contributed by atoms with Crippen LogP contribution in [0, 0.1) is 23.0 Å². The number of hydrogen-bond acceptors (Lipinski definition) is 5. The lowest BCUT2D eigenvalue weighted by Gasteiger charge is -2.11. The standard InChI is InChI=1S/C30H23BrF2N4O2/c1-38-12-11-37-28-16-23(31)9-10-27(28)35-29(37)15-20-7-8-21(14-25(20)33)26-3-2-4-30(36-26)39-18-22-6-5-19(17-34)13-24(22)32/h2-10,13-14,16H,11-12,15,18H2,1H3. The number of aromatic nitrogens is 3. The molecule has 0 aliphatic carbocycles. The minimum atomic E-state index is -0.522. The van der Waals surface area contributed by atoms with Gasteiger partial charge in [0.2, 0.25) is 5.88 Å². The molecule has 6 nitrogen and oxygen atoms in total. The molecule has 0 unspecified atom stereocenters. The molecular formula is C30H23BrF2N4O2. The summed E-state index contributed by atoms with van der Waals surface area (Å²) in [5, 5.41) is 8.90. The third kappa shape index (κ3) is 5.98. The average molecular weight is 589 g/mol. The van der Waals surface area contributed by atoms with E-state index in [4.69, 9.17) is 19.7 Å². The number of hydrogen-bond donors (Lipinski definition) is 0. The maximum absolute atomic E-state index is 15.3. The Labute approximate surface area is 232 Å². The Balaban J connectivity index is 1.35. The van der Waals surface area contributed by atoms with Gasteiger partial charge in [-0.1, -0.05) is 40.2 Å². The van der Waals surface area contributed by atoms with Crippen molar-refractivity contribution in [1.29, 1.82) is 5.26 Å². The molecule has 0 atom stereocenters. The SMILES string of the molecule is COCCn1c(Cc2ccc(-c3cccc(OCc4ccc(C#N)cc4F)n3)cc2F)nc2ccc(Br)cc21. The first kappa shape index (κ1) is 26.5. The van der Waals surface area contributed by atoms with E-state index in [0.29, 0.717) is 42.0 Å². The number of nitriles is 1. The highest BCUT2D eigenvalue weighted by molar-refractivity contribution is 9.10. The molecule has 5 aromatic rings. The Bertz CT molecular complexity index is 1700. The molecule has 0 saturated carbocycles. The average Bonchev–Trinajstić information content (AvgIpc) is 3.28. The van der Waals surface area contributed by atoms with Crippen LogP contribution in [0.2, 0.25) is 0 Å². The van der Waals surface area contributed by atoms with Gasteiger partial charge in [0.05, 0.1) is 35.0 Å². The van der Waals surface area contributed by atoms with E-state index in [1.54, 1.807) is 31.4 Å². The second kappa shape index (κ2) is 11.7. The summed E-state index contributed by atoms with van der Waals surface area (Å²) >= 11 is 3.51. The van der Waals surface area contributed by atoms with Gasteiger partial charge < -0.3 is 14.0 Å². The van der Waals surface area contributed by atoms with Gasteiger partial charge in [0.25, 0.3) is 0 Å². The van der Waals surface area contributed by atoms with Gasteiger partial charge in [-0.3, -0.25) is 0 Å². The predicted octanol–water partition coefficient (Wildman–Crippen LogP) is 6.83. The fourth-order valence-corrected chi connectivity index (χ4v) is 4.62. The lowest BCUT2D eigenvalue weighted by molar-refractivity contribution is 0.187. The first-order valence-corrected chi connectivity index (χ1v) is 12.9.